The number of hydrogen-bond donors (Lipinski definition) is 2. The van der Waals surface area contributed by atoms with Gasteiger partial charge in [0.25, 0.3) is 5.91 Å². The van der Waals surface area contributed by atoms with E-state index in [1.165, 1.54) is 12.3 Å². The summed E-state index contributed by atoms with van der Waals surface area (Å²) in [4.78, 5) is 28.3. The number of aryl methyl sites for hydroxylation is 1. The zero-order valence-corrected chi connectivity index (χ0v) is 17.5. The van der Waals surface area contributed by atoms with Crippen LogP contribution in [0, 0.1) is 11.6 Å². The van der Waals surface area contributed by atoms with E-state index in [4.69, 9.17) is 4.42 Å². The second-order valence-electron chi connectivity index (χ2n) is 8.04. The first-order valence-corrected chi connectivity index (χ1v) is 9.74. The van der Waals surface area contributed by atoms with E-state index < -0.39 is 11.6 Å². The molecule has 0 aliphatic carbocycles. The molecule has 2 aromatic carbocycles. The molecule has 31 heavy (non-hydrogen) atoms. The highest BCUT2D eigenvalue weighted by molar-refractivity contribution is 5.96. The van der Waals surface area contributed by atoms with Gasteiger partial charge in [0, 0.05) is 29.6 Å². The molecular weight excluding hydrogens is 404 g/mol. The van der Waals surface area contributed by atoms with Gasteiger partial charge < -0.3 is 15.1 Å². The fourth-order valence-electron chi connectivity index (χ4n) is 2.84. The van der Waals surface area contributed by atoms with Crippen LogP contribution < -0.4 is 10.6 Å². The molecule has 0 spiro atoms. The Morgan fingerprint density at radius 1 is 1.03 bits per heavy atom. The molecule has 0 unspecified atom stereocenters. The summed E-state index contributed by atoms with van der Waals surface area (Å²) < 4.78 is 33.1. The molecule has 0 aliphatic rings. The zero-order valence-electron chi connectivity index (χ0n) is 17.5. The Kier molecular flexibility index (Phi) is 6.48. The van der Waals surface area contributed by atoms with E-state index in [2.05, 4.69) is 15.6 Å². The Hall–Kier alpha value is -3.55. The molecule has 162 valence electrons. The number of rotatable bonds is 6. The summed E-state index contributed by atoms with van der Waals surface area (Å²) >= 11 is 0. The van der Waals surface area contributed by atoms with Gasteiger partial charge in [-0.1, -0.05) is 6.07 Å². The van der Waals surface area contributed by atoms with Crippen LogP contribution in [0.1, 0.15) is 43.4 Å². The minimum Gasteiger partial charge on any atom is -0.441 e. The average Bonchev–Trinajstić information content (AvgIpc) is 3.14. The summed E-state index contributed by atoms with van der Waals surface area (Å²) in [6.07, 6.45) is 1.45. The van der Waals surface area contributed by atoms with Crippen LogP contribution >= 0.6 is 0 Å². The van der Waals surface area contributed by atoms with E-state index in [1.807, 2.05) is 20.8 Å². The van der Waals surface area contributed by atoms with Crippen LogP contribution in [0.15, 0.2) is 53.1 Å². The molecule has 6 nitrogen and oxygen atoms in total. The van der Waals surface area contributed by atoms with Crippen LogP contribution in [-0.4, -0.2) is 22.3 Å². The number of nitrogens with zero attached hydrogens (tertiary/aromatic N) is 1. The van der Waals surface area contributed by atoms with Crippen molar-refractivity contribution in [1.82, 2.24) is 10.3 Å². The van der Waals surface area contributed by atoms with Crippen molar-refractivity contribution in [3.05, 3.63) is 71.8 Å². The van der Waals surface area contributed by atoms with Gasteiger partial charge in [0.1, 0.15) is 11.6 Å². The molecular formula is C23H23F2N3O3. The lowest BCUT2D eigenvalue weighted by molar-refractivity contribution is -0.116. The van der Waals surface area contributed by atoms with Crippen molar-refractivity contribution in [2.24, 2.45) is 0 Å². The van der Waals surface area contributed by atoms with Crippen molar-refractivity contribution in [2.75, 3.05) is 5.32 Å². The fourth-order valence-corrected chi connectivity index (χ4v) is 2.84. The molecule has 0 saturated heterocycles. The molecule has 0 fully saturated rings. The van der Waals surface area contributed by atoms with Crippen LogP contribution in [0.3, 0.4) is 0 Å². The molecule has 0 aliphatic heterocycles. The summed E-state index contributed by atoms with van der Waals surface area (Å²) in [5.74, 6) is -1.82. The highest BCUT2D eigenvalue weighted by Gasteiger charge is 2.17. The molecule has 2 amide bonds. The van der Waals surface area contributed by atoms with E-state index in [0.717, 1.165) is 12.1 Å². The van der Waals surface area contributed by atoms with Crippen LogP contribution in [0.2, 0.25) is 0 Å². The first kappa shape index (κ1) is 22.1. The number of carbonyl (C=O) groups is 2. The minimum absolute atomic E-state index is 0.0323. The molecule has 0 atom stereocenters. The minimum atomic E-state index is -0.750. The second kappa shape index (κ2) is 9.07. The van der Waals surface area contributed by atoms with Gasteiger partial charge in [0.2, 0.25) is 5.91 Å². The third kappa shape index (κ3) is 5.97. The number of anilines is 1. The van der Waals surface area contributed by atoms with E-state index in [1.54, 1.807) is 24.3 Å². The first-order chi connectivity index (χ1) is 14.6. The molecule has 0 radical (unpaired) electrons. The monoisotopic (exact) mass is 427 g/mol. The maximum Gasteiger partial charge on any atom is 0.251 e. The SMILES string of the molecule is CC(C)(C)NC(=O)c1ccc(NC(=O)CCc2ncc(-c3c(F)cccc3F)o2)cc1. The van der Waals surface area contributed by atoms with Crippen LogP contribution in [0.5, 0.6) is 0 Å². The van der Waals surface area contributed by atoms with Crippen LogP contribution in [0.4, 0.5) is 14.5 Å². The maximum absolute atomic E-state index is 13.8. The Morgan fingerprint density at radius 2 is 1.68 bits per heavy atom. The van der Waals surface area contributed by atoms with Crippen molar-refractivity contribution >= 4 is 17.5 Å². The van der Waals surface area contributed by atoms with Crippen molar-refractivity contribution < 1.29 is 22.8 Å². The lowest BCUT2D eigenvalue weighted by Crippen LogP contribution is -2.40. The Bertz CT molecular complexity index is 1070. The van der Waals surface area contributed by atoms with E-state index in [9.17, 15) is 18.4 Å². The quantitative estimate of drug-likeness (QED) is 0.596. The Labute approximate surface area is 178 Å². The fraction of sp³-hybridized carbons (Fsp3) is 0.261. The Morgan fingerprint density at radius 3 is 2.29 bits per heavy atom. The van der Waals surface area contributed by atoms with Gasteiger partial charge >= 0.3 is 0 Å². The number of benzene rings is 2. The molecule has 0 bridgehead atoms. The summed E-state index contributed by atoms with van der Waals surface area (Å²) in [7, 11) is 0. The first-order valence-electron chi connectivity index (χ1n) is 9.74. The second-order valence-corrected chi connectivity index (χ2v) is 8.04. The molecule has 2 N–H and O–H groups in total. The number of oxazole rings is 1. The highest BCUT2D eigenvalue weighted by atomic mass is 19.1. The third-order valence-corrected chi connectivity index (χ3v) is 4.25. The van der Waals surface area contributed by atoms with E-state index in [-0.39, 0.29) is 47.4 Å². The molecule has 3 aromatic rings. The maximum atomic E-state index is 13.8. The van der Waals surface area contributed by atoms with Crippen LogP contribution in [-0.2, 0) is 11.2 Å². The van der Waals surface area contributed by atoms with Gasteiger partial charge in [0.15, 0.2) is 11.7 Å². The standard InChI is InChI=1S/C23H23F2N3O3/c1-23(2,3)28-22(30)14-7-9-15(10-8-14)27-19(29)11-12-20-26-13-18(31-20)21-16(24)5-4-6-17(21)25/h4-10,13H,11-12H2,1-3H3,(H,27,29)(H,28,30). The highest BCUT2D eigenvalue weighted by Crippen LogP contribution is 2.26. The number of nitrogens with one attached hydrogen (secondary N) is 2. The van der Waals surface area contributed by atoms with Gasteiger partial charge in [-0.25, -0.2) is 13.8 Å². The average molecular weight is 427 g/mol. The lowest BCUT2D eigenvalue weighted by Gasteiger charge is -2.20. The smallest absolute Gasteiger partial charge is 0.251 e. The summed E-state index contributed by atoms with van der Waals surface area (Å²) in [6, 6.07) is 10.1. The molecule has 1 heterocycles. The number of carbonyl (C=O) groups excluding carboxylic acids is 2. The molecule has 8 heteroatoms. The Balaban J connectivity index is 1.55. The largest absolute Gasteiger partial charge is 0.441 e. The third-order valence-electron chi connectivity index (χ3n) is 4.25. The van der Waals surface area contributed by atoms with Gasteiger partial charge in [0.05, 0.1) is 11.8 Å². The topological polar surface area (TPSA) is 84.2 Å². The van der Waals surface area contributed by atoms with Gasteiger partial charge in [-0.05, 0) is 57.2 Å². The molecule has 1 aromatic heterocycles. The van der Waals surface area contributed by atoms with Gasteiger partial charge in [-0.3, -0.25) is 9.59 Å². The summed E-state index contributed by atoms with van der Waals surface area (Å²) in [6.45, 7) is 5.68. The molecule has 0 saturated carbocycles. The normalized spacial score (nSPS) is 11.3. The van der Waals surface area contributed by atoms with Crippen molar-refractivity contribution in [3.63, 3.8) is 0 Å². The number of hydrogen-bond acceptors (Lipinski definition) is 4. The summed E-state index contributed by atoms with van der Waals surface area (Å²) in [5, 5.41) is 5.59. The predicted octanol–water partition coefficient (Wildman–Crippen LogP) is 4.72. The summed E-state index contributed by atoms with van der Waals surface area (Å²) in [5.41, 5.74) is 0.391. The van der Waals surface area contributed by atoms with Gasteiger partial charge in [-0.2, -0.15) is 0 Å². The van der Waals surface area contributed by atoms with E-state index in [0.29, 0.717) is 11.3 Å². The van der Waals surface area contributed by atoms with Crippen molar-refractivity contribution in [3.8, 4) is 11.3 Å². The number of halogens is 2. The van der Waals surface area contributed by atoms with Crippen LogP contribution in [0.25, 0.3) is 11.3 Å². The van der Waals surface area contributed by atoms with Gasteiger partial charge in [-0.15, -0.1) is 0 Å². The predicted molar refractivity (Wildman–Crippen MR) is 112 cm³/mol. The molecule has 3 rings (SSSR count). The lowest BCUT2D eigenvalue weighted by atomic mass is 10.1. The number of amides is 2. The van der Waals surface area contributed by atoms with E-state index >= 15 is 0 Å². The van der Waals surface area contributed by atoms with Crippen molar-refractivity contribution in [1.29, 1.82) is 0 Å². The van der Waals surface area contributed by atoms with Crippen molar-refractivity contribution in [2.45, 2.75) is 39.2 Å². The zero-order chi connectivity index (χ0) is 22.6. The number of aromatic nitrogens is 1.